The normalized spacial score (nSPS) is 23.2. The second kappa shape index (κ2) is 5.87. The topological polar surface area (TPSA) is 49.4 Å². The van der Waals surface area contributed by atoms with Gasteiger partial charge in [0, 0.05) is 13.1 Å². The molecule has 0 aromatic carbocycles. The molecule has 2 amide bonds. The zero-order valence-electron chi connectivity index (χ0n) is 10.5. The van der Waals surface area contributed by atoms with Crippen LogP contribution in [-0.4, -0.2) is 35.8 Å². The van der Waals surface area contributed by atoms with Gasteiger partial charge in [0.2, 0.25) is 0 Å². The first-order valence-electron chi connectivity index (χ1n) is 6.20. The first kappa shape index (κ1) is 13.0. The molecule has 0 spiro atoms. The largest absolute Gasteiger partial charge is 0.346 e. The van der Waals surface area contributed by atoms with Crippen molar-refractivity contribution in [1.82, 2.24) is 10.2 Å². The highest BCUT2D eigenvalue weighted by atomic mass is 16.2. The van der Waals surface area contributed by atoms with E-state index in [9.17, 15) is 9.59 Å². The van der Waals surface area contributed by atoms with Crippen LogP contribution >= 0.6 is 0 Å². The Bertz CT molecular complexity index is 266. The minimum absolute atomic E-state index is 0.168. The average Bonchev–Trinajstić information content (AvgIpc) is 2.30. The molecule has 1 fully saturated rings. The summed E-state index contributed by atoms with van der Waals surface area (Å²) in [7, 11) is 0. The molecule has 0 aliphatic carbocycles. The fourth-order valence-electron chi connectivity index (χ4n) is 2.04. The van der Waals surface area contributed by atoms with E-state index in [2.05, 4.69) is 26.1 Å². The molecule has 4 nitrogen and oxygen atoms in total. The highest BCUT2D eigenvalue weighted by Gasteiger charge is 2.35. The van der Waals surface area contributed by atoms with Crippen LogP contribution in [0.5, 0.6) is 0 Å². The molecule has 0 radical (unpaired) electrons. The fourth-order valence-corrected chi connectivity index (χ4v) is 2.04. The molecule has 1 aliphatic rings. The Hall–Kier alpha value is -1.06. The molecule has 0 bridgehead atoms. The molecule has 1 N–H and O–H groups in total. The van der Waals surface area contributed by atoms with E-state index in [1.807, 2.05) is 0 Å². The Balaban J connectivity index is 2.72. The second-order valence-electron chi connectivity index (χ2n) is 4.52. The first-order chi connectivity index (χ1) is 7.61. The Kier molecular flexibility index (Phi) is 4.77. The summed E-state index contributed by atoms with van der Waals surface area (Å²) in [5.41, 5.74) is 0. The molecule has 16 heavy (non-hydrogen) atoms. The summed E-state index contributed by atoms with van der Waals surface area (Å²) in [4.78, 5) is 24.9. The van der Waals surface area contributed by atoms with Gasteiger partial charge in [0.15, 0.2) is 0 Å². The standard InChI is InChI=1S/C12H22N2O2/c1-4-6-7-14-10(9(3)5-2)8-13-11(15)12(14)16/h9-10H,4-8H2,1-3H3,(H,13,15)/t9?,10-/m1/s1. The zero-order chi connectivity index (χ0) is 12.1. The van der Waals surface area contributed by atoms with Crippen molar-refractivity contribution in [3.05, 3.63) is 0 Å². The van der Waals surface area contributed by atoms with Crippen LogP contribution in [0, 0.1) is 5.92 Å². The highest BCUT2D eigenvalue weighted by molar-refractivity contribution is 6.35. The van der Waals surface area contributed by atoms with E-state index in [0.29, 0.717) is 19.0 Å². The van der Waals surface area contributed by atoms with Crippen molar-refractivity contribution >= 4 is 11.8 Å². The Morgan fingerprint density at radius 3 is 2.69 bits per heavy atom. The van der Waals surface area contributed by atoms with E-state index in [4.69, 9.17) is 0 Å². The minimum Gasteiger partial charge on any atom is -0.346 e. The summed E-state index contributed by atoms with van der Waals surface area (Å²) in [6.07, 6.45) is 3.03. The molecule has 2 atom stereocenters. The van der Waals surface area contributed by atoms with Gasteiger partial charge in [-0.15, -0.1) is 0 Å². The summed E-state index contributed by atoms with van der Waals surface area (Å²) in [6.45, 7) is 7.64. The number of hydrogen-bond donors (Lipinski definition) is 1. The van der Waals surface area contributed by atoms with Crippen molar-refractivity contribution in [1.29, 1.82) is 0 Å². The Morgan fingerprint density at radius 2 is 2.12 bits per heavy atom. The lowest BCUT2D eigenvalue weighted by Gasteiger charge is -2.38. The number of amides is 2. The lowest BCUT2D eigenvalue weighted by molar-refractivity contribution is -0.151. The summed E-state index contributed by atoms with van der Waals surface area (Å²) >= 11 is 0. The molecule has 1 aliphatic heterocycles. The van der Waals surface area contributed by atoms with Gasteiger partial charge in [-0.3, -0.25) is 9.59 Å². The number of nitrogens with one attached hydrogen (secondary N) is 1. The van der Waals surface area contributed by atoms with Gasteiger partial charge in [0.1, 0.15) is 0 Å². The number of carbonyl (C=O) groups is 2. The van der Waals surface area contributed by atoms with Crippen molar-refractivity contribution in [2.24, 2.45) is 5.92 Å². The van der Waals surface area contributed by atoms with Gasteiger partial charge in [-0.25, -0.2) is 0 Å². The Labute approximate surface area is 97.4 Å². The summed E-state index contributed by atoms with van der Waals surface area (Å²) in [5, 5.41) is 2.67. The SMILES string of the molecule is CCCCN1C(=O)C(=O)NC[C@@H]1C(C)CC. The zero-order valence-corrected chi connectivity index (χ0v) is 10.5. The van der Waals surface area contributed by atoms with Gasteiger partial charge in [-0.1, -0.05) is 33.6 Å². The lowest BCUT2D eigenvalue weighted by atomic mass is 9.95. The summed E-state index contributed by atoms with van der Waals surface area (Å²) in [6, 6.07) is 0.168. The number of unbranched alkanes of at least 4 members (excludes halogenated alkanes) is 1. The predicted octanol–water partition coefficient (Wildman–Crippen LogP) is 1.16. The molecule has 4 heteroatoms. The van der Waals surface area contributed by atoms with Gasteiger partial charge < -0.3 is 10.2 Å². The molecule has 1 unspecified atom stereocenters. The van der Waals surface area contributed by atoms with E-state index in [1.165, 1.54) is 0 Å². The monoisotopic (exact) mass is 226 g/mol. The second-order valence-corrected chi connectivity index (χ2v) is 4.52. The van der Waals surface area contributed by atoms with Gasteiger partial charge in [0.25, 0.3) is 0 Å². The quantitative estimate of drug-likeness (QED) is 0.715. The molecular weight excluding hydrogens is 204 g/mol. The molecule has 1 saturated heterocycles. The first-order valence-corrected chi connectivity index (χ1v) is 6.20. The van der Waals surface area contributed by atoms with Crippen molar-refractivity contribution in [2.75, 3.05) is 13.1 Å². The van der Waals surface area contributed by atoms with Gasteiger partial charge in [-0.2, -0.15) is 0 Å². The minimum atomic E-state index is -0.448. The maximum atomic E-state index is 11.8. The van der Waals surface area contributed by atoms with Crippen LogP contribution < -0.4 is 5.32 Å². The van der Waals surface area contributed by atoms with Crippen LogP contribution in [0.4, 0.5) is 0 Å². The van der Waals surface area contributed by atoms with E-state index in [1.54, 1.807) is 4.90 Å². The summed E-state index contributed by atoms with van der Waals surface area (Å²) < 4.78 is 0. The van der Waals surface area contributed by atoms with Crippen molar-refractivity contribution in [3.63, 3.8) is 0 Å². The van der Waals surface area contributed by atoms with E-state index < -0.39 is 5.91 Å². The van der Waals surface area contributed by atoms with Gasteiger partial charge in [0.05, 0.1) is 6.04 Å². The molecule has 0 aromatic rings. The molecule has 0 aromatic heterocycles. The van der Waals surface area contributed by atoms with Crippen LogP contribution in [-0.2, 0) is 9.59 Å². The third-order valence-electron chi connectivity index (χ3n) is 3.38. The van der Waals surface area contributed by atoms with E-state index in [-0.39, 0.29) is 11.9 Å². The highest BCUT2D eigenvalue weighted by Crippen LogP contribution is 2.18. The van der Waals surface area contributed by atoms with Crippen LogP contribution in [0.3, 0.4) is 0 Å². The molecule has 1 rings (SSSR count). The molecule has 1 heterocycles. The van der Waals surface area contributed by atoms with Crippen molar-refractivity contribution in [3.8, 4) is 0 Å². The fraction of sp³-hybridized carbons (Fsp3) is 0.833. The van der Waals surface area contributed by atoms with Gasteiger partial charge >= 0.3 is 11.8 Å². The van der Waals surface area contributed by atoms with Crippen LogP contribution in [0.1, 0.15) is 40.0 Å². The lowest BCUT2D eigenvalue weighted by Crippen LogP contribution is -2.60. The molecule has 0 saturated carbocycles. The van der Waals surface area contributed by atoms with Crippen LogP contribution in [0.15, 0.2) is 0 Å². The number of nitrogens with zero attached hydrogens (tertiary/aromatic N) is 1. The van der Waals surface area contributed by atoms with E-state index in [0.717, 1.165) is 19.3 Å². The number of hydrogen-bond acceptors (Lipinski definition) is 2. The van der Waals surface area contributed by atoms with Crippen LogP contribution in [0.2, 0.25) is 0 Å². The molecule has 92 valence electrons. The third kappa shape index (κ3) is 2.74. The number of rotatable bonds is 5. The van der Waals surface area contributed by atoms with E-state index >= 15 is 0 Å². The van der Waals surface area contributed by atoms with Crippen molar-refractivity contribution in [2.45, 2.75) is 46.1 Å². The van der Waals surface area contributed by atoms with Crippen LogP contribution in [0.25, 0.3) is 0 Å². The average molecular weight is 226 g/mol. The van der Waals surface area contributed by atoms with Gasteiger partial charge in [-0.05, 0) is 12.3 Å². The maximum Gasteiger partial charge on any atom is 0.312 e. The summed E-state index contributed by atoms with van der Waals surface area (Å²) in [5.74, 6) is -0.373. The maximum absolute atomic E-state index is 11.8. The van der Waals surface area contributed by atoms with Crippen molar-refractivity contribution < 1.29 is 9.59 Å². The third-order valence-corrected chi connectivity index (χ3v) is 3.38. The molecular formula is C12H22N2O2. The predicted molar refractivity (Wildman–Crippen MR) is 62.9 cm³/mol. The smallest absolute Gasteiger partial charge is 0.312 e. The Morgan fingerprint density at radius 1 is 1.44 bits per heavy atom. The number of carbonyl (C=O) groups excluding carboxylic acids is 2. The number of piperazine rings is 1.